The van der Waals surface area contributed by atoms with Crippen LogP contribution in [0.2, 0.25) is 0 Å². The van der Waals surface area contributed by atoms with Gasteiger partial charge in [0.05, 0.1) is 24.5 Å². The molecule has 8 heteroatoms. The molecule has 1 saturated heterocycles. The number of thiocarbonyl (C=S) groups is 1. The number of anilines is 1. The zero-order chi connectivity index (χ0) is 21.8. The number of carbonyl (C=O) groups excluding carboxylic acids is 1. The van der Waals surface area contributed by atoms with Gasteiger partial charge in [-0.05, 0) is 55.5 Å². The molecule has 0 bridgehead atoms. The van der Waals surface area contributed by atoms with Crippen LogP contribution in [-0.2, 0) is 4.79 Å². The molecular formula is C23H24N4O3S. The highest BCUT2D eigenvalue weighted by molar-refractivity contribution is 7.80. The molecule has 31 heavy (non-hydrogen) atoms. The van der Waals surface area contributed by atoms with Crippen molar-refractivity contribution in [2.45, 2.75) is 25.4 Å². The number of hydrogen-bond donors (Lipinski definition) is 2. The molecule has 1 fully saturated rings. The predicted molar refractivity (Wildman–Crippen MR) is 122 cm³/mol. The maximum Gasteiger partial charge on any atom is 0.226 e. The summed E-state index contributed by atoms with van der Waals surface area (Å²) in [7, 11) is 1.58. The molecule has 0 saturated carbocycles. The number of furan rings is 1. The summed E-state index contributed by atoms with van der Waals surface area (Å²) in [5, 5.41) is 6.83. The van der Waals surface area contributed by atoms with Crippen LogP contribution in [0.3, 0.4) is 0 Å². The lowest BCUT2D eigenvalue weighted by Gasteiger charge is -2.25. The zero-order valence-corrected chi connectivity index (χ0v) is 18.2. The monoisotopic (exact) mass is 436 g/mol. The number of methoxy groups -OCH3 is 1. The van der Waals surface area contributed by atoms with Crippen LogP contribution in [0.5, 0.6) is 5.75 Å². The second kappa shape index (κ2) is 9.18. The topological polar surface area (TPSA) is 79.6 Å². The van der Waals surface area contributed by atoms with Gasteiger partial charge in [0.2, 0.25) is 5.91 Å². The first kappa shape index (κ1) is 20.9. The summed E-state index contributed by atoms with van der Waals surface area (Å²) in [4.78, 5) is 19.1. The molecule has 3 aromatic rings. The molecule has 1 aliphatic heterocycles. The van der Waals surface area contributed by atoms with Crippen molar-refractivity contribution in [3.8, 4) is 5.75 Å². The van der Waals surface area contributed by atoms with Crippen molar-refractivity contribution >= 4 is 28.9 Å². The third-order valence-electron chi connectivity index (χ3n) is 5.21. The van der Waals surface area contributed by atoms with E-state index in [2.05, 4.69) is 15.6 Å². The number of nitrogens with one attached hydrogen (secondary N) is 2. The molecule has 0 aliphatic carbocycles. The van der Waals surface area contributed by atoms with E-state index in [1.165, 1.54) is 0 Å². The standard InChI is InChI=1S/C23H24N4O3S/c1-15-10-11-19(30-15)22-21(17-8-5-6-13-24-17)26-23(31)27(22)14-12-20(28)25-16-7-3-4-9-18(16)29-2/h3-11,13,21-22H,12,14H2,1-2H3,(H,25,28)(H,26,31)/t21-,22+/m0/s1. The number of carbonyl (C=O) groups is 1. The SMILES string of the molecule is COc1ccccc1NC(=O)CCN1C(=S)N[C@@H](c2ccccn2)[C@H]1c1ccc(C)o1. The van der Waals surface area contributed by atoms with Crippen molar-refractivity contribution in [3.05, 3.63) is 78.0 Å². The smallest absolute Gasteiger partial charge is 0.226 e. The fraction of sp³-hybridized carbons (Fsp3) is 0.261. The number of hydrogen-bond acceptors (Lipinski definition) is 5. The minimum Gasteiger partial charge on any atom is -0.495 e. The van der Waals surface area contributed by atoms with Gasteiger partial charge in [-0.3, -0.25) is 9.78 Å². The van der Waals surface area contributed by atoms with E-state index >= 15 is 0 Å². The van der Waals surface area contributed by atoms with E-state index in [0.717, 1.165) is 17.2 Å². The molecule has 2 atom stereocenters. The molecule has 0 spiro atoms. The van der Waals surface area contributed by atoms with Crippen molar-refractivity contribution < 1.29 is 13.9 Å². The first-order valence-electron chi connectivity index (χ1n) is 10.0. The van der Waals surface area contributed by atoms with Crippen LogP contribution in [0.25, 0.3) is 0 Å². The maximum absolute atomic E-state index is 12.7. The van der Waals surface area contributed by atoms with Gasteiger partial charge in [0.15, 0.2) is 5.11 Å². The third kappa shape index (κ3) is 4.54. The van der Waals surface area contributed by atoms with E-state index in [0.29, 0.717) is 23.1 Å². The van der Waals surface area contributed by atoms with Gasteiger partial charge >= 0.3 is 0 Å². The van der Waals surface area contributed by atoms with E-state index in [4.69, 9.17) is 21.4 Å². The summed E-state index contributed by atoms with van der Waals surface area (Å²) in [6.07, 6.45) is 2.01. The zero-order valence-electron chi connectivity index (χ0n) is 17.4. The second-order valence-corrected chi connectivity index (χ2v) is 7.65. The molecular weight excluding hydrogens is 412 g/mol. The van der Waals surface area contributed by atoms with Crippen LogP contribution in [0.4, 0.5) is 5.69 Å². The Hall–Kier alpha value is -3.39. The van der Waals surface area contributed by atoms with Crippen molar-refractivity contribution in [1.82, 2.24) is 15.2 Å². The molecule has 2 N–H and O–H groups in total. The number of amides is 1. The normalized spacial score (nSPS) is 18.0. The Morgan fingerprint density at radius 3 is 2.74 bits per heavy atom. The van der Waals surface area contributed by atoms with E-state index < -0.39 is 0 Å². The van der Waals surface area contributed by atoms with Crippen LogP contribution in [0, 0.1) is 6.92 Å². The summed E-state index contributed by atoms with van der Waals surface area (Å²) in [6, 6.07) is 16.6. The number of aryl methyl sites for hydroxylation is 1. The molecule has 7 nitrogen and oxygen atoms in total. The first-order valence-corrected chi connectivity index (χ1v) is 10.4. The number of nitrogens with zero attached hydrogens (tertiary/aromatic N) is 2. The van der Waals surface area contributed by atoms with Gasteiger partial charge in [-0.25, -0.2) is 0 Å². The van der Waals surface area contributed by atoms with Crippen molar-refractivity contribution in [2.24, 2.45) is 0 Å². The lowest BCUT2D eigenvalue weighted by atomic mass is 10.0. The lowest BCUT2D eigenvalue weighted by Crippen LogP contribution is -2.32. The molecule has 3 heterocycles. The minimum atomic E-state index is -0.199. The highest BCUT2D eigenvalue weighted by Gasteiger charge is 2.41. The largest absolute Gasteiger partial charge is 0.495 e. The molecule has 0 radical (unpaired) electrons. The Bertz CT molecular complexity index is 1070. The Morgan fingerprint density at radius 1 is 1.23 bits per heavy atom. The number of pyridine rings is 1. The van der Waals surface area contributed by atoms with Gasteiger partial charge in [-0.15, -0.1) is 0 Å². The quantitative estimate of drug-likeness (QED) is 0.542. The lowest BCUT2D eigenvalue weighted by molar-refractivity contribution is -0.116. The van der Waals surface area contributed by atoms with E-state index in [9.17, 15) is 4.79 Å². The predicted octanol–water partition coefficient (Wildman–Crippen LogP) is 3.99. The first-order chi connectivity index (χ1) is 15.1. The molecule has 160 valence electrons. The Morgan fingerprint density at radius 2 is 2.03 bits per heavy atom. The average Bonchev–Trinajstić information content (AvgIpc) is 3.35. The Kier molecular flexibility index (Phi) is 6.18. The van der Waals surface area contributed by atoms with Crippen LogP contribution in [-0.4, -0.2) is 34.6 Å². The number of para-hydroxylation sites is 2. The average molecular weight is 437 g/mol. The highest BCUT2D eigenvalue weighted by Crippen LogP contribution is 2.39. The van der Waals surface area contributed by atoms with Gasteiger partial charge < -0.3 is 24.7 Å². The van der Waals surface area contributed by atoms with E-state index in [1.807, 2.05) is 66.4 Å². The number of ether oxygens (including phenoxy) is 1. The molecule has 1 aliphatic rings. The summed E-state index contributed by atoms with van der Waals surface area (Å²) < 4.78 is 11.3. The van der Waals surface area contributed by atoms with Crippen LogP contribution >= 0.6 is 12.2 Å². The highest BCUT2D eigenvalue weighted by atomic mass is 32.1. The van der Waals surface area contributed by atoms with Crippen LogP contribution in [0.1, 0.15) is 35.7 Å². The Balaban J connectivity index is 1.52. The summed E-state index contributed by atoms with van der Waals surface area (Å²) in [5.74, 6) is 2.10. The molecule has 1 amide bonds. The van der Waals surface area contributed by atoms with Crippen molar-refractivity contribution in [3.63, 3.8) is 0 Å². The molecule has 0 unspecified atom stereocenters. The van der Waals surface area contributed by atoms with Gasteiger partial charge in [0.1, 0.15) is 23.3 Å². The maximum atomic E-state index is 12.7. The fourth-order valence-corrected chi connectivity index (χ4v) is 4.08. The number of benzene rings is 1. The Labute approximate surface area is 186 Å². The molecule has 4 rings (SSSR count). The van der Waals surface area contributed by atoms with Gasteiger partial charge in [-0.2, -0.15) is 0 Å². The summed E-state index contributed by atoms with van der Waals surface area (Å²) in [5.41, 5.74) is 1.51. The minimum absolute atomic E-state index is 0.122. The van der Waals surface area contributed by atoms with E-state index in [1.54, 1.807) is 13.3 Å². The van der Waals surface area contributed by atoms with Gasteiger partial charge in [-0.1, -0.05) is 18.2 Å². The van der Waals surface area contributed by atoms with Gasteiger partial charge in [0.25, 0.3) is 0 Å². The van der Waals surface area contributed by atoms with Crippen molar-refractivity contribution in [1.29, 1.82) is 0 Å². The van der Waals surface area contributed by atoms with Crippen LogP contribution < -0.4 is 15.4 Å². The van der Waals surface area contributed by atoms with E-state index in [-0.39, 0.29) is 24.4 Å². The molecule has 1 aromatic carbocycles. The van der Waals surface area contributed by atoms with Crippen LogP contribution in [0.15, 0.2) is 65.2 Å². The fourth-order valence-electron chi connectivity index (χ4n) is 3.75. The summed E-state index contributed by atoms with van der Waals surface area (Å²) >= 11 is 5.62. The second-order valence-electron chi connectivity index (χ2n) is 7.27. The molecule has 2 aromatic heterocycles. The van der Waals surface area contributed by atoms with Crippen molar-refractivity contribution in [2.75, 3.05) is 19.0 Å². The van der Waals surface area contributed by atoms with Gasteiger partial charge in [0, 0.05) is 19.2 Å². The number of aromatic nitrogens is 1. The summed E-state index contributed by atoms with van der Waals surface area (Å²) in [6.45, 7) is 2.34. The third-order valence-corrected chi connectivity index (χ3v) is 5.56. The number of rotatable bonds is 7.